The molecule has 2 atom stereocenters. The Labute approximate surface area is 144 Å². The molecule has 0 spiro atoms. The van der Waals surface area contributed by atoms with Gasteiger partial charge < -0.3 is 4.74 Å². The first-order valence-electron chi connectivity index (χ1n) is 8.01. The summed E-state index contributed by atoms with van der Waals surface area (Å²) in [6.07, 6.45) is 1.08. The van der Waals surface area contributed by atoms with Gasteiger partial charge in [0.25, 0.3) is 0 Å². The maximum Gasteiger partial charge on any atom is 0.416 e. The number of rotatable bonds is 6. The second-order valence-corrected chi connectivity index (χ2v) is 15.5. The molecule has 1 fully saturated rings. The number of cyclic esters (lactones) is 1. The number of amides is 2. The van der Waals surface area contributed by atoms with Crippen LogP contribution in [0.15, 0.2) is 0 Å². The number of halogens is 1. The first-order valence-corrected chi connectivity index (χ1v) is 12.6. The van der Waals surface area contributed by atoms with Crippen molar-refractivity contribution >= 4 is 36.0 Å². The third kappa shape index (κ3) is 6.81. The molecule has 2 amide bonds. The lowest BCUT2D eigenvalue weighted by atomic mass is 9.82. The van der Waals surface area contributed by atoms with E-state index in [1.54, 1.807) is 0 Å². The number of alkyl halides is 1. The molecule has 4 nitrogen and oxygen atoms in total. The van der Waals surface area contributed by atoms with Crippen molar-refractivity contribution in [1.29, 1.82) is 0 Å². The van der Waals surface area contributed by atoms with Gasteiger partial charge in [0.05, 0.1) is 6.54 Å². The van der Waals surface area contributed by atoms with Crippen LogP contribution in [0.1, 0.15) is 33.6 Å². The molecule has 0 radical (unpaired) electrons. The van der Waals surface area contributed by atoms with E-state index in [9.17, 15) is 9.59 Å². The van der Waals surface area contributed by atoms with Gasteiger partial charge in [-0.25, -0.2) is 9.69 Å². The summed E-state index contributed by atoms with van der Waals surface area (Å²) in [5.41, 5.74) is 0.0514. The van der Waals surface area contributed by atoms with Gasteiger partial charge in [0.1, 0.15) is 6.61 Å². The molecule has 1 aliphatic rings. The molecule has 1 aliphatic heterocycles. The fraction of sp³-hybridized carbons (Fsp3) is 0.875. The van der Waals surface area contributed by atoms with Crippen LogP contribution >= 0.6 is 15.9 Å². The Kier molecular flexibility index (Phi) is 6.68. The first kappa shape index (κ1) is 19.7. The van der Waals surface area contributed by atoms with Gasteiger partial charge in [0.15, 0.2) is 0 Å². The Morgan fingerprint density at radius 2 is 1.95 bits per heavy atom. The van der Waals surface area contributed by atoms with Crippen LogP contribution in [0.4, 0.5) is 4.79 Å². The van der Waals surface area contributed by atoms with Crippen LogP contribution in [-0.4, -0.2) is 43.0 Å². The summed E-state index contributed by atoms with van der Waals surface area (Å²) in [5.74, 6) is -0.205. The van der Waals surface area contributed by atoms with Crippen molar-refractivity contribution in [2.75, 3.05) is 13.2 Å². The number of carbonyl (C=O) groups is 2. The minimum atomic E-state index is -1.19. The smallest absolute Gasteiger partial charge is 0.416 e. The van der Waals surface area contributed by atoms with Gasteiger partial charge in [0, 0.05) is 18.8 Å². The van der Waals surface area contributed by atoms with Crippen LogP contribution in [0.5, 0.6) is 0 Å². The summed E-state index contributed by atoms with van der Waals surface area (Å²) in [7, 11) is -1.19. The van der Waals surface area contributed by atoms with Gasteiger partial charge in [-0.15, -0.1) is 0 Å². The third-order valence-corrected chi connectivity index (χ3v) is 6.62. The second-order valence-electron chi connectivity index (χ2n) is 8.66. The first-order chi connectivity index (χ1) is 9.89. The van der Waals surface area contributed by atoms with Gasteiger partial charge in [-0.2, -0.15) is 0 Å². The summed E-state index contributed by atoms with van der Waals surface area (Å²) in [5, 5.41) is 0. The molecule has 1 heterocycles. The van der Waals surface area contributed by atoms with E-state index in [1.165, 1.54) is 4.90 Å². The molecule has 1 saturated heterocycles. The topological polar surface area (TPSA) is 46.6 Å². The van der Waals surface area contributed by atoms with Gasteiger partial charge in [0.2, 0.25) is 5.91 Å². The fourth-order valence-electron chi connectivity index (χ4n) is 2.88. The Morgan fingerprint density at radius 3 is 2.36 bits per heavy atom. The molecule has 22 heavy (non-hydrogen) atoms. The van der Waals surface area contributed by atoms with Crippen molar-refractivity contribution < 1.29 is 14.3 Å². The molecule has 0 aromatic carbocycles. The molecule has 1 rings (SSSR count). The van der Waals surface area contributed by atoms with Crippen LogP contribution in [0.3, 0.4) is 0 Å². The van der Waals surface area contributed by atoms with Crippen LogP contribution in [-0.2, 0) is 9.53 Å². The zero-order valence-corrected chi connectivity index (χ0v) is 17.3. The molecule has 1 unspecified atom stereocenters. The van der Waals surface area contributed by atoms with E-state index < -0.39 is 14.2 Å². The maximum absolute atomic E-state index is 12.8. The summed E-state index contributed by atoms with van der Waals surface area (Å²) < 4.78 is 4.91. The van der Waals surface area contributed by atoms with Crippen LogP contribution < -0.4 is 0 Å². The number of imide groups is 1. The summed E-state index contributed by atoms with van der Waals surface area (Å²) in [6.45, 7) is 14.1. The molecule has 128 valence electrons. The Bertz CT molecular complexity index is 415. The molecule has 0 saturated carbocycles. The quantitative estimate of drug-likeness (QED) is 0.494. The summed E-state index contributed by atoms with van der Waals surface area (Å²) in [6, 6.07) is 1.13. The molecule has 0 aromatic rings. The molecule has 0 aromatic heterocycles. The normalized spacial score (nSPS) is 19.0. The monoisotopic (exact) mass is 391 g/mol. The highest BCUT2D eigenvalue weighted by atomic mass is 79.9. The van der Waals surface area contributed by atoms with Crippen LogP contribution in [0, 0.1) is 11.3 Å². The maximum atomic E-state index is 12.8. The van der Waals surface area contributed by atoms with Gasteiger partial charge in [-0.05, 0) is 24.3 Å². The minimum Gasteiger partial charge on any atom is -0.447 e. The van der Waals surface area contributed by atoms with Gasteiger partial charge in [-0.1, -0.05) is 56.3 Å². The zero-order valence-electron chi connectivity index (χ0n) is 14.7. The Morgan fingerprint density at radius 1 is 1.36 bits per heavy atom. The SMILES string of the molecule is CC(C)(C)C[C@@H](CC(Br)C[Si](C)(C)C)C(=O)N1CCOC1=O. The summed E-state index contributed by atoms with van der Waals surface area (Å²) >= 11 is 3.76. The molecule has 0 bridgehead atoms. The molecular weight excluding hydrogens is 362 g/mol. The minimum absolute atomic E-state index is 0.0514. The Balaban J connectivity index is 2.79. The lowest BCUT2D eigenvalue weighted by Gasteiger charge is -2.30. The highest BCUT2D eigenvalue weighted by molar-refractivity contribution is 9.09. The molecule has 6 heteroatoms. The number of hydrogen-bond acceptors (Lipinski definition) is 3. The molecule has 0 N–H and O–H groups in total. The predicted molar refractivity (Wildman–Crippen MR) is 96.1 cm³/mol. The van der Waals surface area contributed by atoms with Crippen LogP contribution in [0.2, 0.25) is 25.7 Å². The van der Waals surface area contributed by atoms with Crippen molar-refractivity contribution in [2.45, 2.75) is 64.1 Å². The number of ether oxygens (including phenoxy) is 1. The Hall–Kier alpha value is -0.363. The van der Waals surface area contributed by atoms with E-state index in [-0.39, 0.29) is 17.2 Å². The van der Waals surface area contributed by atoms with Gasteiger partial charge in [-0.3, -0.25) is 4.79 Å². The third-order valence-electron chi connectivity index (χ3n) is 3.61. The number of carbonyl (C=O) groups excluding carboxylic acids is 2. The predicted octanol–water partition coefficient (Wildman–Crippen LogP) is 4.51. The second kappa shape index (κ2) is 7.47. The number of hydrogen-bond donors (Lipinski definition) is 0. The van der Waals surface area contributed by atoms with E-state index in [0.29, 0.717) is 18.0 Å². The highest BCUT2D eigenvalue weighted by Crippen LogP contribution is 2.33. The van der Waals surface area contributed by atoms with E-state index in [4.69, 9.17) is 4.74 Å². The van der Waals surface area contributed by atoms with Crippen molar-refractivity contribution in [2.24, 2.45) is 11.3 Å². The lowest BCUT2D eigenvalue weighted by Crippen LogP contribution is -2.39. The van der Waals surface area contributed by atoms with Crippen molar-refractivity contribution in [3.05, 3.63) is 0 Å². The average molecular weight is 392 g/mol. The standard InChI is InChI=1S/C16H30BrNO3Si/c1-16(2,3)10-12(9-13(17)11-22(4,5)6)14(19)18-7-8-21-15(18)20/h12-13H,7-11H2,1-6H3/t12-,13?/m1/s1. The largest absolute Gasteiger partial charge is 0.447 e. The zero-order chi connectivity index (χ0) is 17.1. The van der Waals surface area contributed by atoms with Gasteiger partial charge >= 0.3 is 6.09 Å². The average Bonchev–Trinajstić information content (AvgIpc) is 2.69. The fourth-order valence-corrected chi connectivity index (χ4v) is 7.74. The van der Waals surface area contributed by atoms with Crippen LogP contribution in [0.25, 0.3) is 0 Å². The summed E-state index contributed by atoms with van der Waals surface area (Å²) in [4.78, 5) is 26.0. The van der Waals surface area contributed by atoms with E-state index in [1.807, 2.05) is 0 Å². The van der Waals surface area contributed by atoms with E-state index in [2.05, 4.69) is 56.3 Å². The van der Waals surface area contributed by atoms with E-state index >= 15 is 0 Å². The van der Waals surface area contributed by atoms with E-state index in [0.717, 1.165) is 18.9 Å². The highest BCUT2D eigenvalue weighted by Gasteiger charge is 2.36. The van der Waals surface area contributed by atoms with Crippen molar-refractivity contribution in [3.63, 3.8) is 0 Å². The molecular formula is C16H30BrNO3Si. The lowest BCUT2D eigenvalue weighted by molar-refractivity contribution is -0.133. The van der Waals surface area contributed by atoms with Crippen molar-refractivity contribution in [3.8, 4) is 0 Å². The number of nitrogens with zero attached hydrogens (tertiary/aromatic N) is 1. The molecule has 0 aliphatic carbocycles. The van der Waals surface area contributed by atoms with Crippen molar-refractivity contribution in [1.82, 2.24) is 4.90 Å².